The van der Waals surface area contributed by atoms with E-state index in [9.17, 15) is 18.0 Å². The van der Waals surface area contributed by atoms with Gasteiger partial charge in [0, 0.05) is 13.0 Å². The minimum atomic E-state index is -3.56. The van der Waals surface area contributed by atoms with Gasteiger partial charge in [-0.25, -0.2) is 8.42 Å². The maximum Gasteiger partial charge on any atom is 0.243 e. The number of hydrogen-bond acceptors (Lipinski definition) is 4. The van der Waals surface area contributed by atoms with Crippen LogP contribution in [0.25, 0.3) is 0 Å². The summed E-state index contributed by atoms with van der Waals surface area (Å²) < 4.78 is 23.6. The molecule has 1 rings (SSSR count). The van der Waals surface area contributed by atoms with E-state index in [0.717, 1.165) is 10.6 Å². The summed E-state index contributed by atoms with van der Waals surface area (Å²) in [6, 6.07) is -1.32. The van der Waals surface area contributed by atoms with Crippen molar-refractivity contribution in [3.05, 3.63) is 0 Å². The molecule has 1 amide bonds. The number of rotatable bonds is 2. The Labute approximate surface area is 88.5 Å². The van der Waals surface area contributed by atoms with Crippen LogP contribution in [0.1, 0.15) is 19.3 Å². The highest BCUT2D eigenvalue weighted by Gasteiger charge is 2.37. The van der Waals surface area contributed by atoms with Gasteiger partial charge in [0.2, 0.25) is 15.9 Å². The van der Waals surface area contributed by atoms with Crippen molar-refractivity contribution in [3.8, 4) is 0 Å². The summed E-state index contributed by atoms with van der Waals surface area (Å²) in [6.07, 6.45) is 2.35. The lowest BCUT2D eigenvalue weighted by Gasteiger charge is -2.23. The van der Waals surface area contributed by atoms with Crippen molar-refractivity contribution in [1.82, 2.24) is 4.31 Å². The maximum absolute atomic E-state index is 11.5. The number of primary amides is 1. The first kappa shape index (κ1) is 12.1. The van der Waals surface area contributed by atoms with Crippen LogP contribution in [0.3, 0.4) is 0 Å². The molecule has 0 bridgehead atoms. The molecule has 0 aromatic carbocycles. The largest absolute Gasteiger partial charge is 0.368 e. The van der Waals surface area contributed by atoms with E-state index >= 15 is 0 Å². The zero-order valence-electron chi connectivity index (χ0n) is 8.47. The quantitative estimate of drug-likeness (QED) is 0.610. The number of carbonyl (C=O) groups excluding carboxylic acids is 2. The SMILES string of the molecule is CS(=O)(=O)N1CCCCC(=O)C1C(N)=O. The van der Waals surface area contributed by atoms with Crippen molar-refractivity contribution >= 4 is 21.7 Å². The zero-order chi connectivity index (χ0) is 11.6. The van der Waals surface area contributed by atoms with Gasteiger partial charge >= 0.3 is 0 Å². The molecule has 6 nitrogen and oxygen atoms in total. The van der Waals surface area contributed by atoms with Crippen molar-refractivity contribution in [2.75, 3.05) is 12.8 Å². The Hall–Kier alpha value is -0.950. The van der Waals surface area contributed by atoms with Gasteiger partial charge in [0.25, 0.3) is 0 Å². The number of nitrogens with zero attached hydrogens (tertiary/aromatic N) is 1. The fourth-order valence-corrected chi connectivity index (χ4v) is 2.72. The Morgan fingerprint density at radius 3 is 2.53 bits per heavy atom. The van der Waals surface area contributed by atoms with Crippen molar-refractivity contribution in [2.45, 2.75) is 25.3 Å². The molecular formula is C8H14N2O4S. The predicted molar refractivity (Wildman–Crippen MR) is 53.4 cm³/mol. The lowest BCUT2D eigenvalue weighted by molar-refractivity contribution is -0.131. The lowest BCUT2D eigenvalue weighted by atomic mass is 10.1. The van der Waals surface area contributed by atoms with Gasteiger partial charge < -0.3 is 5.73 Å². The minimum Gasteiger partial charge on any atom is -0.368 e. The summed E-state index contributed by atoms with van der Waals surface area (Å²) in [5, 5.41) is 0. The van der Waals surface area contributed by atoms with Crippen LogP contribution in [0, 0.1) is 0 Å². The van der Waals surface area contributed by atoms with E-state index in [-0.39, 0.29) is 13.0 Å². The van der Waals surface area contributed by atoms with Crippen molar-refractivity contribution in [2.24, 2.45) is 5.73 Å². The van der Waals surface area contributed by atoms with Crippen LogP contribution >= 0.6 is 0 Å². The molecule has 0 radical (unpaired) electrons. The summed E-state index contributed by atoms with van der Waals surface area (Å²) in [7, 11) is -3.56. The topological polar surface area (TPSA) is 97.5 Å². The van der Waals surface area contributed by atoms with Crippen molar-refractivity contribution < 1.29 is 18.0 Å². The van der Waals surface area contributed by atoms with E-state index < -0.39 is 27.8 Å². The first-order chi connectivity index (χ1) is 6.84. The van der Waals surface area contributed by atoms with Gasteiger partial charge in [-0.3, -0.25) is 9.59 Å². The summed E-state index contributed by atoms with van der Waals surface area (Å²) in [4.78, 5) is 22.6. The molecule has 0 aromatic heterocycles. The average molecular weight is 234 g/mol. The summed E-state index contributed by atoms with van der Waals surface area (Å²) in [5.74, 6) is -1.31. The highest BCUT2D eigenvalue weighted by Crippen LogP contribution is 2.16. The number of ketones is 1. The summed E-state index contributed by atoms with van der Waals surface area (Å²) >= 11 is 0. The molecule has 1 aliphatic heterocycles. The molecule has 1 heterocycles. The van der Waals surface area contributed by atoms with Crippen LogP contribution in [0.15, 0.2) is 0 Å². The van der Waals surface area contributed by atoms with E-state index in [4.69, 9.17) is 5.73 Å². The van der Waals surface area contributed by atoms with Crippen LogP contribution in [-0.2, 0) is 19.6 Å². The Balaban J connectivity index is 3.09. The van der Waals surface area contributed by atoms with Crippen LogP contribution in [0.4, 0.5) is 0 Å². The third-order valence-electron chi connectivity index (χ3n) is 2.34. The molecular weight excluding hydrogens is 220 g/mol. The maximum atomic E-state index is 11.5. The average Bonchev–Trinajstić information content (AvgIpc) is 2.24. The first-order valence-electron chi connectivity index (χ1n) is 4.63. The second-order valence-corrected chi connectivity index (χ2v) is 5.54. The molecule has 0 spiro atoms. The van der Waals surface area contributed by atoms with E-state index in [1.807, 2.05) is 0 Å². The van der Waals surface area contributed by atoms with Crippen molar-refractivity contribution in [3.63, 3.8) is 0 Å². The first-order valence-corrected chi connectivity index (χ1v) is 6.47. The van der Waals surface area contributed by atoms with Gasteiger partial charge in [-0.1, -0.05) is 0 Å². The van der Waals surface area contributed by atoms with Gasteiger partial charge in [0.05, 0.1) is 6.26 Å². The summed E-state index contributed by atoms with van der Waals surface area (Å²) in [6.45, 7) is 0.179. The predicted octanol–water partition coefficient (Wildman–Crippen LogP) is -1.15. The lowest BCUT2D eigenvalue weighted by Crippen LogP contribution is -2.51. The molecule has 1 atom stereocenters. The van der Waals surface area contributed by atoms with E-state index in [1.54, 1.807) is 0 Å². The number of carbonyl (C=O) groups is 2. The summed E-state index contributed by atoms with van der Waals surface area (Å²) in [5.41, 5.74) is 5.05. The van der Waals surface area contributed by atoms with Crippen LogP contribution in [0.5, 0.6) is 0 Å². The van der Waals surface area contributed by atoms with Gasteiger partial charge in [-0.05, 0) is 12.8 Å². The molecule has 1 unspecified atom stereocenters. The normalized spacial score (nSPS) is 24.9. The van der Waals surface area contributed by atoms with Gasteiger partial charge in [-0.15, -0.1) is 0 Å². The molecule has 0 aliphatic carbocycles. The highest BCUT2D eigenvalue weighted by atomic mass is 32.2. The Morgan fingerprint density at radius 2 is 2.07 bits per heavy atom. The molecule has 7 heteroatoms. The van der Waals surface area contributed by atoms with Gasteiger partial charge in [0.15, 0.2) is 11.8 Å². The number of amides is 1. The van der Waals surface area contributed by atoms with E-state index in [2.05, 4.69) is 0 Å². The Morgan fingerprint density at radius 1 is 1.47 bits per heavy atom. The van der Waals surface area contributed by atoms with Crippen LogP contribution < -0.4 is 5.73 Å². The zero-order valence-corrected chi connectivity index (χ0v) is 9.29. The smallest absolute Gasteiger partial charge is 0.243 e. The van der Waals surface area contributed by atoms with Gasteiger partial charge in [0.1, 0.15) is 0 Å². The monoisotopic (exact) mass is 234 g/mol. The third-order valence-corrected chi connectivity index (χ3v) is 3.59. The molecule has 0 aromatic rings. The molecule has 1 aliphatic rings. The number of hydrogen-bond donors (Lipinski definition) is 1. The minimum absolute atomic E-state index is 0.179. The highest BCUT2D eigenvalue weighted by molar-refractivity contribution is 7.88. The van der Waals surface area contributed by atoms with Crippen LogP contribution in [-0.4, -0.2) is 43.3 Å². The molecule has 86 valence electrons. The van der Waals surface area contributed by atoms with E-state index in [0.29, 0.717) is 12.8 Å². The fourth-order valence-electron chi connectivity index (χ4n) is 1.65. The molecule has 2 N–H and O–H groups in total. The second kappa shape index (κ2) is 4.28. The molecule has 15 heavy (non-hydrogen) atoms. The molecule has 0 saturated carbocycles. The second-order valence-electron chi connectivity index (χ2n) is 3.60. The third kappa shape index (κ3) is 2.75. The molecule has 1 saturated heterocycles. The number of nitrogens with two attached hydrogens (primary N) is 1. The van der Waals surface area contributed by atoms with E-state index in [1.165, 1.54) is 0 Å². The van der Waals surface area contributed by atoms with Gasteiger partial charge in [-0.2, -0.15) is 4.31 Å². The van der Waals surface area contributed by atoms with Crippen LogP contribution in [0.2, 0.25) is 0 Å². The Bertz CT molecular complexity index is 376. The number of Topliss-reactive ketones (excluding diaryl/α,β-unsaturated/α-hetero) is 1. The number of sulfonamides is 1. The Kier molecular flexibility index (Phi) is 3.46. The van der Waals surface area contributed by atoms with Crippen molar-refractivity contribution in [1.29, 1.82) is 0 Å². The molecule has 1 fully saturated rings. The fraction of sp³-hybridized carbons (Fsp3) is 0.750. The standard InChI is InChI=1S/C8H14N2O4S/c1-15(13,14)10-5-3-2-4-6(11)7(10)8(9)12/h7H,2-5H2,1H3,(H2,9,12).